The third-order valence-electron chi connectivity index (χ3n) is 1.90. The second-order valence-electron chi connectivity index (χ2n) is 3.00. The Morgan fingerprint density at radius 2 is 1.75 bits per heavy atom. The lowest BCUT2D eigenvalue weighted by atomic mass is 10.2. The minimum atomic E-state index is -0.385. The van der Waals surface area contributed by atoms with Crippen molar-refractivity contribution in [3.05, 3.63) is 59.3 Å². The highest BCUT2D eigenvalue weighted by Gasteiger charge is 1.98. The lowest BCUT2D eigenvalue weighted by molar-refractivity contribution is 0.512. The third-order valence-corrected chi connectivity index (χ3v) is 1.90. The molecule has 0 aliphatic rings. The molecule has 1 heterocycles. The molecule has 0 atom stereocenters. The van der Waals surface area contributed by atoms with Gasteiger partial charge in [0.2, 0.25) is 0 Å². The molecular formula is C13H6FO2. The van der Waals surface area contributed by atoms with Crippen LogP contribution in [-0.2, 0) is 4.79 Å². The van der Waals surface area contributed by atoms with Gasteiger partial charge in [-0.2, -0.15) is 0 Å². The molecule has 1 radical (unpaired) electrons. The Kier molecular flexibility index (Phi) is 2.84. The third kappa shape index (κ3) is 2.18. The number of carbonyl (C=O) groups excluding carboxylic acids is 1. The Morgan fingerprint density at radius 1 is 1.00 bits per heavy atom. The van der Waals surface area contributed by atoms with Gasteiger partial charge in [0.05, 0.1) is 5.56 Å². The summed E-state index contributed by atoms with van der Waals surface area (Å²) in [4.78, 5) is 10.2. The van der Waals surface area contributed by atoms with E-state index in [1.807, 2.05) is 0 Å². The molecule has 77 valence electrons. The quantitative estimate of drug-likeness (QED) is 0.680. The fourth-order valence-electron chi connectivity index (χ4n) is 1.15. The first-order chi connectivity index (χ1) is 7.79. The first kappa shape index (κ1) is 10.2. The van der Waals surface area contributed by atoms with Gasteiger partial charge in [0.25, 0.3) is 6.29 Å². The average molecular weight is 213 g/mol. The molecule has 0 fully saturated rings. The van der Waals surface area contributed by atoms with Crippen molar-refractivity contribution in [1.82, 2.24) is 0 Å². The fraction of sp³-hybridized carbons (Fsp3) is 0. The van der Waals surface area contributed by atoms with Crippen LogP contribution in [0.1, 0.15) is 17.1 Å². The molecule has 0 aliphatic carbocycles. The van der Waals surface area contributed by atoms with Crippen LogP contribution in [0.2, 0.25) is 0 Å². The van der Waals surface area contributed by atoms with Crippen molar-refractivity contribution in [3.63, 3.8) is 0 Å². The van der Waals surface area contributed by atoms with E-state index < -0.39 is 0 Å². The summed E-state index contributed by atoms with van der Waals surface area (Å²) < 4.78 is 18.1. The van der Waals surface area contributed by atoms with Crippen molar-refractivity contribution in [2.24, 2.45) is 0 Å². The predicted octanol–water partition coefficient (Wildman–Crippen LogP) is 2.28. The zero-order valence-corrected chi connectivity index (χ0v) is 8.16. The Morgan fingerprint density at radius 3 is 2.44 bits per heavy atom. The van der Waals surface area contributed by atoms with Gasteiger partial charge in [-0.1, -0.05) is 18.1 Å². The van der Waals surface area contributed by atoms with E-state index in [9.17, 15) is 9.18 Å². The Hall–Kier alpha value is -2.34. The van der Waals surface area contributed by atoms with Gasteiger partial charge < -0.3 is 4.42 Å². The maximum absolute atomic E-state index is 13.2. The molecule has 0 unspecified atom stereocenters. The van der Waals surface area contributed by atoms with Crippen LogP contribution in [0.25, 0.3) is 0 Å². The van der Waals surface area contributed by atoms with E-state index >= 15 is 0 Å². The smallest absolute Gasteiger partial charge is 0.271 e. The molecule has 1 aromatic heterocycles. The van der Waals surface area contributed by atoms with Crippen molar-refractivity contribution < 1.29 is 13.6 Å². The molecule has 0 N–H and O–H groups in total. The van der Waals surface area contributed by atoms with Gasteiger partial charge in [-0.3, -0.25) is 4.79 Å². The van der Waals surface area contributed by atoms with Gasteiger partial charge in [-0.05, 0) is 30.2 Å². The largest absolute Gasteiger partial charge is 0.444 e. The molecule has 2 rings (SSSR count). The molecule has 0 bridgehead atoms. The molecule has 2 aromatic rings. The van der Waals surface area contributed by atoms with Crippen molar-refractivity contribution in [2.45, 2.75) is 0 Å². The normalized spacial score (nSPS) is 9.31. The van der Waals surface area contributed by atoms with Gasteiger partial charge in [-0.25, -0.2) is 4.39 Å². The zero-order valence-electron chi connectivity index (χ0n) is 8.16. The van der Waals surface area contributed by atoms with E-state index in [2.05, 4.69) is 11.8 Å². The number of furan rings is 1. The summed E-state index contributed by atoms with van der Waals surface area (Å²) >= 11 is 0. The zero-order chi connectivity index (χ0) is 11.4. The molecular weight excluding hydrogens is 207 g/mol. The second kappa shape index (κ2) is 4.45. The highest BCUT2D eigenvalue weighted by Crippen LogP contribution is 2.06. The molecule has 1 aromatic carbocycles. The summed E-state index contributed by atoms with van der Waals surface area (Å²) in [6.45, 7) is 0. The van der Waals surface area contributed by atoms with Crippen molar-refractivity contribution in [3.8, 4) is 11.8 Å². The Bertz CT molecular complexity index is 573. The summed E-state index contributed by atoms with van der Waals surface area (Å²) in [6.07, 6.45) is 1.60. The van der Waals surface area contributed by atoms with Crippen LogP contribution in [-0.4, -0.2) is 6.29 Å². The minimum Gasteiger partial charge on any atom is -0.444 e. The summed E-state index contributed by atoms with van der Waals surface area (Å²) in [5, 5.41) is 0. The number of hydrogen-bond acceptors (Lipinski definition) is 2. The monoisotopic (exact) mass is 213 g/mol. The second-order valence-corrected chi connectivity index (χ2v) is 3.00. The summed E-state index contributed by atoms with van der Waals surface area (Å²) in [7, 11) is 0. The predicted molar refractivity (Wildman–Crippen MR) is 55.9 cm³/mol. The van der Waals surface area contributed by atoms with Gasteiger partial charge in [-0.15, -0.1) is 0 Å². The Balaban J connectivity index is 2.28. The van der Waals surface area contributed by atoms with Crippen LogP contribution in [0, 0.1) is 17.7 Å². The van der Waals surface area contributed by atoms with Gasteiger partial charge in [0, 0.05) is 0 Å². The van der Waals surface area contributed by atoms with E-state index in [0.29, 0.717) is 5.76 Å². The first-order valence-electron chi connectivity index (χ1n) is 4.54. The van der Waals surface area contributed by atoms with Crippen molar-refractivity contribution >= 4 is 6.29 Å². The number of hydrogen-bond donors (Lipinski definition) is 0. The fourth-order valence-corrected chi connectivity index (χ4v) is 1.15. The summed E-state index contributed by atoms with van der Waals surface area (Å²) in [6, 6.07) is 9.17. The molecule has 0 saturated carbocycles. The molecule has 16 heavy (non-hydrogen) atoms. The molecule has 0 aliphatic heterocycles. The standard InChI is InChI=1S/C13H6FO2/c14-13-4-2-1-3-10(13)5-6-11-7-8-12(9-15)16-11/h1-4,7-8H. The van der Waals surface area contributed by atoms with Gasteiger partial charge in [0.15, 0.2) is 11.5 Å². The maximum atomic E-state index is 13.2. The number of halogens is 1. The average Bonchev–Trinajstić information content (AvgIpc) is 2.76. The van der Waals surface area contributed by atoms with E-state index in [0.717, 1.165) is 0 Å². The van der Waals surface area contributed by atoms with E-state index in [-0.39, 0.29) is 17.1 Å². The Labute approximate surface area is 91.7 Å². The number of benzene rings is 1. The highest BCUT2D eigenvalue weighted by atomic mass is 19.1. The lowest BCUT2D eigenvalue weighted by Crippen LogP contribution is -1.80. The SMILES string of the molecule is O=[C]c1ccc(C#Cc2ccccc2F)o1. The van der Waals surface area contributed by atoms with E-state index in [1.165, 1.54) is 18.2 Å². The maximum Gasteiger partial charge on any atom is 0.271 e. The van der Waals surface area contributed by atoms with Crippen LogP contribution < -0.4 is 0 Å². The van der Waals surface area contributed by atoms with E-state index in [1.54, 1.807) is 24.5 Å². The van der Waals surface area contributed by atoms with Gasteiger partial charge in [0.1, 0.15) is 5.82 Å². The van der Waals surface area contributed by atoms with Crippen molar-refractivity contribution in [1.29, 1.82) is 0 Å². The molecule has 3 heteroatoms. The highest BCUT2D eigenvalue weighted by molar-refractivity contribution is 5.71. The lowest BCUT2D eigenvalue weighted by Gasteiger charge is -1.90. The van der Waals surface area contributed by atoms with Crippen LogP contribution >= 0.6 is 0 Å². The minimum absolute atomic E-state index is 0.0813. The van der Waals surface area contributed by atoms with Crippen LogP contribution in [0.15, 0.2) is 40.8 Å². The number of rotatable bonds is 1. The topological polar surface area (TPSA) is 30.2 Å². The van der Waals surface area contributed by atoms with Crippen molar-refractivity contribution in [2.75, 3.05) is 0 Å². The van der Waals surface area contributed by atoms with Crippen LogP contribution in [0.5, 0.6) is 0 Å². The van der Waals surface area contributed by atoms with Crippen LogP contribution in [0.4, 0.5) is 4.39 Å². The van der Waals surface area contributed by atoms with Gasteiger partial charge >= 0.3 is 0 Å². The summed E-state index contributed by atoms with van der Waals surface area (Å²) in [5.41, 5.74) is 0.288. The molecule has 2 nitrogen and oxygen atoms in total. The molecule has 0 amide bonds. The molecule has 0 saturated heterocycles. The molecule has 0 spiro atoms. The van der Waals surface area contributed by atoms with E-state index in [4.69, 9.17) is 4.42 Å². The first-order valence-corrected chi connectivity index (χ1v) is 4.54. The summed E-state index contributed by atoms with van der Waals surface area (Å²) in [5.74, 6) is 5.24. The van der Waals surface area contributed by atoms with Crippen LogP contribution in [0.3, 0.4) is 0 Å².